The highest BCUT2D eigenvalue weighted by Crippen LogP contribution is 2.39. The van der Waals surface area contributed by atoms with E-state index < -0.39 is 17.4 Å². The molecule has 2 aromatic carbocycles. The highest BCUT2D eigenvalue weighted by Gasteiger charge is 2.31. The normalized spacial score (nSPS) is 18.4. The number of pyridine rings is 1. The molecule has 1 unspecified atom stereocenters. The smallest absolute Gasteiger partial charge is 0.449 e. The van der Waals surface area contributed by atoms with E-state index in [0.717, 1.165) is 30.9 Å². The largest absolute Gasteiger partial charge is 0.511 e. The lowest BCUT2D eigenvalue weighted by Gasteiger charge is -2.41. The molecule has 33 heavy (non-hydrogen) atoms. The fraction of sp³-hybridized carbons (Fsp3) is 0.292. The van der Waals surface area contributed by atoms with Crippen molar-refractivity contribution in [1.29, 1.82) is 0 Å². The lowest BCUT2D eigenvalue weighted by atomic mass is 10.0. The quantitative estimate of drug-likeness (QED) is 0.471. The Hall–Kier alpha value is -3.88. The molecule has 0 bridgehead atoms. The summed E-state index contributed by atoms with van der Waals surface area (Å²) in [7, 11) is 0. The van der Waals surface area contributed by atoms with Crippen LogP contribution in [0.4, 0.5) is 14.9 Å². The van der Waals surface area contributed by atoms with Crippen LogP contribution in [0, 0.1) is 5.82 Å². The Kier molecular flexibility index (Phi) is 5.24. The van der Waals surface area contributed by atoms with Crippen molar-refractivity contribution >= 4 is 29.2 Å². The van der Waals surface area contributed by atoms with Crippen LogP contribution in [-0.2, 0) is 4.79 Å². The zero-order valence-electron chi connectivity index (χ0n) is 17.7. The molecule has 8 nitrogen and oxygen atoms in total. The Labute approximate surface area is 188 Å². The van der Waals surface area contributed by atoms with Gasteiger partial charge in [-0.1, -0.05) is 30.3 Å². The van der Waals surface area contributed by atoms with Crippen LogP contribution in [0.5, 0.6) is 5.75 Å². The van der Waals surface area contributed by atoms with Crippen molar-refractivity contribution in [2.24, 2.45) is 0 Å². The van der Waals surface area contributed by atoms with Gasteiger partial charge in [0.15, 0.2) is 5.75 Å². The van der Waals surface area contributed by atoms with Crippen LogP contribution in [0.15, 0.2) is 53.5 Å². The summed E-state index contributed by atoms with van der Waals surface area (Å²) >= 11 is 0. The van der Waals surface area contributed by atoms with Crippen molar-refractivity contribution in [3.05, 3.63) is 70.3 Å². The Morgan fingerprint density at radius 1 is 1.15 bits per heavy atom. The standard InChI is InChI=1S/C24H22FN3O5/c25-18-10-17-19(28(16-6-7-16)13-22(23(17)30)33-24(31)32)11-20(18)26-8-9-27(14-29)21(12-26)15-4-2-1-3-5-15/h1-5,10-11,13-14,16,21H,6-9,12H2,(H,31,32). The second-order valence-electron chi connectivity index (χ2n) is 8.37. The number of carboxylic acid groups (broad SMARTS) is 1. The molecule has 1 saturated carbocycles. The van der Waals surface area contributed by atoms with Crippen molar-refractivity contribution in [3.63, 3.8) is 0 Å². The molecule has 1 saturated heterocycles. The van der Waals surface area contributed by atoms with E-state index in [4.69, 9.17) is 5.11 Å². The van der Waals surface area contributed by atoms with Gasteiger partial charge in [-0.2, -0.15) is 0 Å². The van der Waals surface area contributed by atoms with Gasteiger partial charge in [-0.25, -0.2) is 9.18 Å². The number of carbonyl (C=O) groups is 2. The molecule has 1 amide bonds. The fourth-order valence-electron chi connectivity index (χ4n) is 4.51. The van der Waals surface area contributed by atoms with E-state index in [1.54, 1.807) is 15.5 Å². The maximum Gasteiger partial charge on any atom is 0.511 e. The van der Waals surface area contributed by atoms with E-state index >= 15 is 4.39 Å². The zero-order chi connectivity index (χ0) is 23.1. The molecular formula is C24H22FN3O5. The summed E-state index contributed by atoms with van der Waals surface area (Å²) in [6.45, 7) is 1.28. The predicted molar refractivity (Wildman–Crippen MR) is 119 cm³/mol. The molecule has 2 heterocycles. The third kappa shape index (κ3) is 3.90. The molecule has 170 valence electrons. The first-order valence-electron chi connectivity index (χ1n) is 10.8. The minimum absolute atomic E-state index is 0.0769. The average Bonchev–Trinajstić information content (AvgIpc) is 3.66. The van der Waals surface area contributed by atoms with Crippen LogP contribution in [0.1, 0.15) is 30.5 Å². The average molecular weight is 451 g/mol. The minimum atomic E-state index is -1.59. The molecule has 9 heteroatoms. The van der Waals surface area contributed by atoms with Crippen LogP contribution in [-0.4, -0.2) is 46.8 Å². The topological polar surface area (TPSA) is 92.1 Å². The lowest BCUT2D eigenvalue weighted by molar-refractivity contribution is -0.120. The molecule has 0 radical (unpaired) electrons. The molecule has 3 aromatic rings. The van der Waals surface area contributed by atoms with Crippen molar-refractivity contribution in [2.45, 2.75) is 24.9 Å². The fourth-order valence-corrected chi connectivity index (χ4v) is 4.51. The number of fused-ring (bicyclic) bond motifs is 1. The zero-order valence-corrected chi connectivity index (χ0v) is 17.7. The van der Waals surface area contributed by atoms with Gasteiger partial charge < -0.3 is 24.2 Å². The van der Waals surface area contributed by atoms with E-state index in [1.807, 2.05) is 35.2 Å². The van der Waals surface area contributed by atoms with Crippen molar-refractivity contribution in [2.75, 3.05) is 24.5 Å². The highest BCUT2D eigenvalue weighted by atomic mass is 19.1. The second kappa shape index (κ2) is 8.23. The van der Waals surface area contributed by atoms with Crippen LogP contribution in [0.3, 0.4) is 0 Å². The number of rotatable bonds is 5. The van der Waals surface area contributed by atoms with Crippen LogP contribution in [0.25, 0.3) is 10.9 Å². The lowest BCUT2D eigenvalue weighted by Crippen LogP contribution is -2.48. The molecule has 5 rings (SSSR count). The van der Waals surface area contributed by atoms with Crippen LogP contribution >= 0.6 is 0 Å². The van der Waals surface area contributed by atoms with Crippen molar-refractivity contribution in [3.8, 4) is 5.75 Å². The number of nitrogens with zero attached hydrogens (tertiary/aromatic N) is 3. The molecule has 2 fully saturated rings. The molecule has 1 aromatic heterocycles. The first-order valence-corrected chi connectivity index (χ1v) is 10.8. The number of halogens is 1. The maximum absolute atomic E-state index is 15.3. The first-order chi connectivity index (χ1) is 16.0. The Bertz CT molecular complexity index is 1290. The van der Waals surface area contributed by atoms with Gasteiger partial charge in [0.25, 0.3) is 0 Å². The van der Waals surface area contributed by atoms with E-state index in [1.165, 1.54) is 6.20 Å². The number of carbonyl (C=O) groups excluding carboxylic acids is 1. The van der Waals surface area contributed by atoms with Crippen LogP contribution in [0.2, 0.25) is 0 Å². The summed E-state index contributed by atoms with van der Waals surface area (Å²) in [6, 6.07) is 12.3. The molecule has 2 aliphatic rings. The molecule has 0 spiro atoms. The molecule has 1 aliphatic carbocycles. The highest BCUT2D eigenvalue weighted by molar-refractivity contribution is 5.85. The Morgan fingerprint density at radius 3 is 2.58 bits per heavy atom. The summed E-state index contributed by atoms with van der Waals surface area (Å²) in [6.07, 6.45) is 2.39. The predicted octanol–water partition coefficient (Wildman–Crippen LogP) is 3.55. The molecule has 1 aliphatic heterocycles. The van der Waals surface area contributed by atoms with E-state index in [2.05, 4.69) is 4.74 Å². The molecule has 1 atom stereocenters. The van der Waals surface area contributed by atoms with Gasteiger partial charge in [0.2, 0.25) is 11.8 Å². The summed E-state index contributed by atoms with van der Waals surface area (Å²) in [5.41, 5.74) is 1.17. The monoisotopic (exact) mass is 451 g/mol. The summed E-state index contributed by atoms with van der Waals surface area (Å²) in [4.78, 5) is 39.0. The maximum atomic E-state index is 15.3. The molecular weight excluding hydrogens is 429 g/mol. The van der Waals surface area contributed by atoms with Crippen LogP contribution < -0.4 is 15.1 Å². The van der Waals surface area contributed by atoms with Crippen molar-refractivity contribution in [1.82, 2.24) is 9.47 Å². The van der Waals surface area contributed by atoms with Crippen molar-refractivity contribution < 1.29 is 23.8 Å². The van der Waals surface area contributed by atoms with E-state index in [9.17, 15) is 14.4 Å². The van der Waals surface area contributed by atoms with Gasteiger partial charge in [0, 0.05) is 25.7 Å². The third-order valence-corrected chi connectivity index (χ3v) is 6.29. The van der Waals surface area contributed by atoms with Gasteiger partial charge >= 0.3 is 6.16 Å². The van der Waals surface area contributed by atoms with Gasteiger partial charge in [-0.3, -0.25) is 9.59 Å². The summed E-state index contributed by atoms with van der Waals surface area (Å²) < 4.78 is 21.8. The van der Waals surface area contributed by atoms with E-state index in [-0.39, 0.29) is 23.2 Å². The first kappa shape index (κ1) is 21.0. The Morgan fingerprint density at radius 2 is 1.91 bits per heavy atom. The number of hydrogen-bond donors (Lipinski definition) is 1. The van der Waals surface area contributed by atoms with Gasteiger partial charge in [0.1, 0.15) is 5.82 Å². The number of benzene rings is 2. The SMILES string of the molecule is O=CN1CCN(c2cc3c(cc2F)c(=O)c(OC(=O)O)cn3C2CC2)CC1c1ccccc1. The number of piperazine rings is 1. The second-order valence-corrected chi connectivity index (χ2v) is 8.37. The molecule has 1 N–H and O–H groups in total. The number of ether oxygens (including phenoxy) is 1. The van der Waals surface area contributed by atoms with Gasteiger partial charge in [-0.15, -0.1) is 0 Å². The number of amides is 1. The number of anilines is 1. The minimum Gasteiger partial charge on any atom is -0.449 e. The Balaban J connectivity index is 1.58. The number of hydrogen-bond acceptors (Lipinski definition) is 5. The third-order valence-electron chi connectivity index (χ3n) is 6.29. The summed E-state index contributed by atoms with van der Waals surface area (Å²) in [5.74, 6) is -0.918. The van der Waals surface area contributed by atoms with Gasteiger partial charge in [0.05, 0.1) is 28.8 Å². The van der Waals surface area contributed by atoms with E-state index in [0.29, 0.717) is 30.8 Å². The number of aromatic nitrogens is 1. The summed E-state index contributed by atoms with van der Waals surface area (Å²) in [5, 5.41) is 9.04. The van der Waals surface area contributed by atoms with Gasteiger partial charge in [-0.05, 0) is 30.5 Å².